The van der Waals surface area contributed by atoms with Crippen molar-refractivity contribution in [2.24, 2.45) is 0 Å². The van der Waals surface area contributed by atoms with Crippen LogP contribution < -0.4 is 4.90 Å². The van der Waals surface area contributed by atoms with Crippen LogP contribution >= 0.6 is 15.9 Å². The van der Waals surface area contributed by atoms with E-state index >= 15 is 0 Å². The zero-order chi connectivity index (χ0) is 11.1. The van der Waals surface area contributed by atoms with Gasteiger partial charge in [-0.15, -0.1) is 5.10 Å². The van der Waals surface area contributed by atoms with Crippen molar-refractivity contribution in [2.45, 2.75) is 6.92 Å². The van der Waals surface area contributed by atoms with Gasteiger partial charge < -0.3 is 9.64 Å². The third kappa shape index (κ3) is 4.13. The molecule has 0 atom stereocenters. The van der Waals surface area contributed by atoms with E-state index in [1.165, 1.54) is 0 Å². The second kappa shape index (κ2) is 6.74. The summed E-state index contributed by atoms with van der Waals surface area (Å²) < 4.78 is 5.06. The molecule has 0 saturated carbocycles. The smallest absolute Gasteiger partial charge is 0.151 e. The summed E-state index contributed by atoms with van der Waals surface area (Å²) in [6, 6.07) is 3.96. The molecule has 0 unspecified atom stereocenters. The number of aromatic nitrogens is 2. The molecule has 0 N–H and O–H groups in total. The molecule has 0 bridgehead atoms. The molecule has 15 heavy (non-hydrogen) atoms. The fraction of sp³-hybridized carbons (Fsp3) is 0.600. The Hall–Kier alpha value is -0.680. The zero-order valence-electron chi connectivity index (χ0n) is 9.11. The molecule has 0 aliphatic heterocycles. The van der Waals surface area contributed by atoms with E-state index in [-0.39, 0.29) is 0 Å². The van der Waals surface area contributed by atoms with Gasteiger partial charge >= 0.3 is 0 Å². The molecule has 0 fully saturated rings. The standard InChI is InChI=1S/C10H16BrN3O/c1-9-3-4-10(13-12-9)14(6-5-11)7-8-15-2/h3-4H,5-8H2,1-2H3. The molecule has 1 rings (SSSR count). The average Bonchev–Trinajstić information content (AvgIpc) is 2.25. The van der Waals surface area contributed by atoms with Gasteiger partial charge in [0.05, 0.1) is 12.3 Å². The number of hydrogen-bond donors (Lipinski definition) is 0. The normalized spacial score (nSPS) is 10.3. The number of halogens is 1. The first-order valence-corrected chi connectivity index (χ1v) is 6.00. The predicted octanol–water partition coefficient (Wildman–Crippen LogP) is 1.63. The minimum Gasteiger partial charge on any atom is -0.383 e. The van der Waals surface area contributed by atoms with Gasteiger partial charge in [-0.2, -0.15) is 5.10 Å². The van der Waals surface area contributed by atoms with Crippen LogP contribution in [0.25, 0.3) is 0 Å². The Morgan fingerprint density at radius 1 is 1.33 bits per heavy atom. The molecule has 1 aromatic heterocycles. The highest BCUT2D eigenvalue weighted by Crippen LogP contribution is 2.09. The first kappa shape index (κ1) is 12.4. The first-order chi connectivity index (χ1) is 7.27. The third-order valence-corrected chi connectivity index (χ3v) is 2.38. The van der Waals surface area contributed by atoms with Crippen molar-refractivity contribution in [3.63, 3.8) is 0 Å². The summed E-state index contributed by atoms with van der Waals surface area (Å²) in [7, 11) is 1.70. The summed E-state index contributed by atoms with van der Waals surface area (Å²) in [5.74, 6) is 0.900. The molecule has 0 aliphatic rings. The largest absolute Gasteiger partial charge is 0.383 e. The van der Waals surface area contributed by atoms with E-state index in [0.717, 1.165) is 29.9 Å². The first-order valence-electron chi connectivity index (χ1n) is 4.88. The Morgan fingerprint density at radius 2 is 2.13 bits per heavy atom. The van der Waals surface area contributed by atoms with E-state index in [9.17, 15) is 0 Å². The van der Waals surface area contributed by atoms with Crippen molar-refractivity contribution < 1.29 is 4.74 Å². The van der Waals surface area contributed by atoms with Crippen molar-refractivity contribution in [1.29, 1.82) is 0 Å². The van der Waals surface area contributed by atoms with Crippen LogP contribution in [-0.4, -0.2) is 42.3 Å². The van der Waals surface area contributed by atoms with E-state index in [1.54, 1.807) is 7.11 Å². The zero-order valence-corrected chi connectivity index (χ0v) is 10.7. The van der Waals surface area contributed by atoms with E-state index < -0.39 is 0 Å². The maximum atomic E-state index is 5.06. The lowest BCUT2D eigenvalue weighted by molar-refractivity contribution is 0.205. The molecule has 0 radical (unpaired) electrons. The topological polar surface area (TPSA) is 38.2 Å². The van der Waals surface area contributed by atoms with Gasteiger partial charge in [0.2, 0.25) is 0 Å². The molecule has 5 heteroatoms. The minimum absolute atomic E-state index is 0.697. The van der Waals surface area contributed by atoms with Gasteiger partial charge in [0.15, 0.2) is 5.82 Å². The lowest BCUT2D eigenvalue weighted by Gasteiger charge is -2.21. The molecule has 0 saturated heterocycles. The van der Waals surface area contributed by atoms with E-state index in [0.29, 0.717) is 6.61 Å². The molecule has 0 spiro atoms. The van der Waals surface area contributed by atoms with Crippen molar-refractivity contribution in [1.82, 2.24) is 10.2 Å². The second-order valence-electron chi connectivity index (χ2n) is 3.20. The number of aryl methyl sites for hydroxylation is 1. The van der Waals surface area contributed by atoms with E-state index in [2.05, 4.69) is 31.0 Å². The number of hydrogen-bond acceptors (Lipinski definition) is 4. The maximum absolute atomic E-state index is 5.06. The highest BCUT2D eigenvalue weighted by Gasteiger charge is 2.06. The van der Waals surface area contributed by atoms with Crippen molar-refractivity contribution in [3.8, 4) is 0 Å². The van der Waals surface area contributed by atoms with Crippen LogP contribution in [-0.2, 0) is 4.74 Å². The highest BCUT2D eigenvalue weighted by molar-refractivity contribution is 9.09. The van der Waals surface area contributed by atoms with Crippen LogP contribution in [0, 0.1) is 6.92 Å². The number of alkyl halides is 1. The van der Waals surface area contributed by atoms with E-state index in [1.807, 2.05) is 19.1 Å². The van der Waals surface area contributed by atoms with Gasteiger partial charge in [-0.05, 0) is 19.1 Å². The van der Waals surface area contributed by atoms with Crippen molar-refractivity contribution >= 4 is 21.7 Å². The number of rotatable bonds is 6. The number of methoxy groups -OCH3 is 1. The number of anilines is 1. The Balaban J connectivity index is 2.65. The summed E-state index contributed by atoms with van der Waals surface area (Å²) in [5, 5.41) is 9.10. The van der Waals surface area contributed by atoms with Crippen LogP contribution in [0.3, 0.4) is 0 Å². The fourth-order valence-corrected chi connectivity index (χ4v) is 1.63. The van der Waals surface area contributed by atoms with Crippen molar-refractivity contribution in [3.05, 3.63) is 17.8 Å². The molecule has 84 valence electrons. The van der Waals surface area contributed by atoms with Crippen LogP contribution in [0.15, 0.2) is 12.1 Å². The summed E-state index contributed by atoms with van der Waals surface area (Å²) in [4.78, 5) is 2.14. The highest BCUT2D eigenvalue weighted by atomic mass is 79.9. The lowest BCUT2D eigenvalue weighted by atomic mass is 10.4. The lowest BCUT2D eigenvalue weighted by Crippen LogP contribution is -2.30. The van der Waals surface area contributed by atoms with Crippen molar-refractivity contribution in [2.75, 3.05) is 37.0 Å². The van der Waals surface area contributed by atoms with E-state index in [4.69, 9.17) is 4.74 Å². The minimum atomic E-state index is 0.697. The van der Waals surface area contributed by atoms with Crippen LogP contribution in [0.4, 0.5) is 5.82 Å². The molecule has 4 nitrogen and oxygen atoms in total. The quantitative estimate of drug-likeness (QED) is 0.739. The Morgan fingerprint density at radius 3 is 2.67 bits per heavy atom. The molecule has 1 aromatic rings. The maximum Gasteiger partial charge on any atom is 0.151 e. The molecule has 1 heterocycles. The number of nitrogens with zero attached hydrogens (tertiary/aromatic N) is 3. The molecular weight excluding hydrogens is 258 g/mol. The Kier molecular flexibility index (Phi) is 5.57. The molecule has 0 aliphatic carbocycles. The SMILES string of the molecule is COCCN(CCBr)c1ccc(C)nn1. The number of ether oxygens (including phenoxy) is 1. The monoisotopic (exact) mass is 273 g/mol. The summed E-state index contributed by atoms with van der Waals surface area (Å²) >= 11 is 3.42. The summed E-state index contributed by atoms with van der Waals surface area (Å²) in [6.07, 6.45) is 0. The second-order valence-corrected chi connectivity index (χ2v) is 3.99. The van der Waals surface area contributed by atoms with Gasteiger partial charge in [0.25, 0.3) is 0 Å². The third-order valence-electron chi connectivity index (χ3n) is 2.03. The summed E-state index contributed by atoms with van der Waals surface area (Å²) in [5.41, 5.74) is 0.935. The predicted molar refractivity (Wildman–Crippen MR) is 64.7 cm³/mol. The molecule has 0 amide bonds. The molecule has 0 aromatic carbocycles. The van der Waals surface area contributed by atoms with Gasteiger partial charge in [-0.1, -0.05) is 15.9 Å². The molecular formula is C10H16BrN3O. The van der Waals surface area contributed by atoms with Gasteiger partial charge in [0.1, 0.15) is 0 Å². The van der Waals surface area contributed by atoms with Gasteiger partial charge in [-0.25, -0.2) is 0 Å². The van der Waals surface area contributed by atoms with Gasteiger partial charge in [0, 0.05) is 25.5 Å². The van der Waals surface area contributed by atoms with Crippen LogP contribution in [0.2, 0.25) is 0 Å². The van der Waals surface area contributed by atoms with Gasteiger partial charge in [-0.3, -0.25) is 0 Å². The summed E-state index contributed by atoms with van der Waals surface area (Å²) in [6.45, 7) is 4.37. The van der Waals surface area contributed by atoms with Crippen LogP contribution in [0.5, 0.6) is 0 Å². The average molecular weight is 274 g/mol. The Bertz CT molecular complexity index is 279. The fourth-order valence-electron chi connectivity index (χ4n) is 1.20. The van der Waals surface area contributed by atoms with Crippen LogP contribution in [0.1, 0.15) is 5.69 Å². The Labute approximate surface area is 98.8 Å².